The highest BCUT2D eigenvalue weighted by atomic mass is 16.5. The van der Waals surface area contributed by atoms with Gasteiger partial charge in [-0.05, 0) is 37.5 Å². The smallest absolute Gasteiger partial charge is 0.340 e. The van der Waals surface area contributed by atoms with E-state index in [2.05, 4.69) is 10.3 Å². The third-order valence-corrected chi connectivity index (χ3v) is 6.20. The number of hydrogen-bond acceptors (Lipinski definition) is 7. The minimum absolute atomic E-state index is 0.0982. The lowest BCUT2D eigenvalue weighted by atomic mass is 9.88. The van der Waals surface area contributed by atoms with Crippen LogP contribution in [0.5, 0.6) is 11.5 Å². The van der Waals surface area contributed by atoms with Crippen molar-refractivity contribution >= 4 is 23.2 Å². The summed E-state index contributed by atoms with van der Waals surface area (Å²) < 4.78 is 17.6. The molecule has 1 aliphatic rings. The van der Waals surface area contributed by atoms with Gasteiger partial charge in [-0.3, -0.25) is 14.0 Å². The molecule has 9 heteroatoms. The van der Waals surface area contributed by atoms with Gasteiger partial charge in [-0.2, -0.15) is 0 Å². The van der Waals surface area contributed by atoms with Gasteiger partial charge in [0.2, 0.25) is 5.91 Å². The summed E-state index contributed by atoms with van der Waals surface area (Å²) >= 11 is 0. The van der Waals surface area contributed by atoms with Gasteiger partial charge in [0.1, 0.15) is 12.3 Å². The SMILES string of the molecule is COc1cc(NC(=O)C2CCCCC2)c(C(=O)OCc2cc(=O)n3ccc(C)cc3n2)cc1OC. The number of amides is 1. The molecule has 0 saturated heterocycles. The zero-order valence-corrected chi connectivity index (χ0v) is 20.1. The number of aromatic nitrogens is 2. The number of rotatable bonds is 7. The van der Waals surface area contributed by atoms with Crippen LogP contribution in [-0.4, -0.2) is 35.5 Å². The molecule has 1 amide bonds. The number of fused-ring (bicyclic) bond motifs is 1. The Morgan fingerprint density at radius 2 is 1.77 bits per heavy atom. The van der Waals surface area contributed by atoms with Crippen LogP contribution in [0.2, 0.25) is 0 Å². The number of hydrogen-bond donors (Lipinski definition) is 1. The molecule has 0 spiro atoms. The maximum atomic E-state index is 13.1. The minimum atomic E-state index is -0.684. The van der Waals surface area contributed by atoms with Gasteiger partial charge < -0.3 is 19.5 Å². The zero-order valence-electron chi connectivity index (χ0n) is 20.1. The van der Waals surface area contributed by atoms with E-state index in [-0.39, 0.29) is 35.2 Å². The number of pyridine rings is 1. The molecule has 35 heavy (non-hydrogen) atoms. The summed E-state index contributed by atoms with van der Waals surface area (Å²) in [5, 5.41) is 2.88. The van der Waals surface area contributed by atoms with Crippen LogP contribution >= 0.6 is 0 Å². The molecule has 0 radical (unpaired) electrons. The molecule has 184 valence electrons. The number of nitrogens with one attached hydrogen (secondary N) is 1. The van der Waals surface area contributed by atoms with E-state index in [1.54, 1.807) is 18.3 Å². The van der Waals surface area contributed by atoms with Gasteiger partial charge in [-0.1, -0.05) is 19.3 Å². The van der Waals surface area contributed by atoms with E-state index in [4.69, 9.17) is 14.2 Å². The average Bonchev–Trinajstić information content (AvgIpc) is 2.87. The minimum Gasteiger partial charge on any atom is -0.493 e. The summed E-state index contributed by atoms with van der Waals surface area (Å²) in [6.07, 6.45) is 6.45. The normalized spacial score (nSPS) is 13.9. The molecule has 3 aromatic rings. The fourth-order valence-corrected chi connectivity index (χ4v) is 4.30. The van der Waals surface area contributed by atoms with Crippen molar-refractivity contribution < 1.29 is 23.8 Å². The van der Waals surface area contributed by atoms with Crippen LogP contribution < -0.4 is 20.3 Å². The van der Waals surface area contributed by atoms with Crippen molar-refractivity contribution in [3.05, 3.63) is 63.7 Å². The second-order valence-corrected chi connectivity index (χ2v) is 8.67. The van der Waals surface area contributed by atoms with E-state index in [0.29, 0.717) is 22.8 Å². The first-order valence-corrected chi connectivity index (χ1v) is 11.6. The van der Waals surface area contributed by atoms with E-state index in [9.17, 15) is 14.4 Å². The molecule has 2 heterocycles. The molecule has 9 nitrogen and oxygen atoms in total. The maximum absolute atomic E-state index is 13.1. The number of anilines is 1. The highest BCUT2D eigenvalue weighted by Gasteiger charge is 2.25. The van der Waals surface area contributed by atoms with Crippen molar-refractivity contribution in [3.63, 3.8) is 0 Å². The number of carbonyl (C=O) groups is 2. The van der Waals surface area contributed by atoms with Crippen LogP contribution in [-0.2, 0) is 16.1 Å². The van der Waals surface area contributed by atoms with Gasteiger partial charge in [0.05, 0.1) is 31.2 Å². The lowest BCUT2D eigenvalue weighted by Gasteiger charge is -2.22. The molecule has 0 aliphatic heterocycles. The molecular weight excluding hydrogens is 450 g/mol. The molecule has 1 fully saturated rings. The average molecular weight is 480 g/mol. The third-order valence-electron chi connectivity index (χ3n) is 6.20. The Hall–Kier alpha value is -3.88. The predicted octanol–water partition coefficient (Wildman–Crippen LogP) is 3.90. The molecule has 0 bridgehead atoms. The Morgan fingerprint density at radius 1 is 1.06 bits per heavy atom. The number of ether oxygens (including phenoxy) is 3. The third kappa shape index (κ3) is 5.45. The van der Waals surface area contributed by atoms with E-state index in [1.165, 1.54) is 30.8 Å². The van der Waals surface area contributed by atoms with Crippen molar-refractivity contribution in [2.24, 2.45) is 5.92 Å². The number of benzene rings is 1. The first-order chi connectivity index (χ1) is 16.9. The predicted molar refractivity (Wildman–Crippen MR) is 130 cm³/mol. The molecule has 1 aliphatic carbocycles. The molecule has 0 unspecified atom stereocenters. The Kier molecular flexibility index (Phi) is 7.33. The van der Waals surface area contributed by atoms with Gasteiger partial charge in [-0.15, -0.1) is 0 Å². The van der Waals surface area contributed by atoms with Crippen LogP contribution in [0.3, 0.4) is 0 Å². The van der Waals surface area contributed by atoms with Crippen molar-refractivity contribution in [2.75, 3.05) is 19.5 Å². The van der Waals surface area contributed by atoms with E-state index >= 15 is 0 Å². The van der Waals surface area contributed by atoms with Crippen LogP contribution in [0.15, 0.2) is 41.3 Å². The number of aryl methyl sites for hydroxylation is 1. The van der Waals surface area contributed by atoms with E-state index in [1.807, 2.05) is 13.0 Å². The Labute approximate surface area is 203 Å². The van der Waals surface area contributed by atoms with Gasteiger partial charge >= 0.3 is 5.97 Å². The number of methoxy groups -OCH3 is 2. The van der Waals surface area contributed by atoms with Crippen molar-refractivity contribution in [1.82, 2.24) is 9.38 Å². The Balaban J connectivity index is 1.58. The molecule has 1 aromatic carbocycles. The largest absolute Gasteiger partial charge is 0.493 e. The van der Waals surface area contributed by atoms with Crippen LogP contribution in [0.25, 0.3) is 5.65 Å². The van der Waals surface area contributed by atoms with Crippen molar-refractivity contribution in [3.8, 4) is 11.5 Å². The molecule has 4 rings (SSSR count). The van der Waals surface area contributed by atoms with Crippen molar-refractivity contribution in [1.29, 1.82) is 0 Å². The number of esters is 1. The highest BCUT2D eigenvalue weighted by Crippen LogP contribution is 2.35. The zero-order chi connectivity index (χ0) is 24.9. The summed E-state index contributed by atoms with van der Waals surface area (Å²) in [5.74, 6) is -0.212. The summed E-state index contributed by atoms with van der Waals surface area (Å²) in [7, 11) is 2.94. The van der Waals surface area contributed by atoms with E-state index < -0.39 is 5.97 Å². The fourth-order valence-electron chi connectivity index (χ4n) is 4.30. The molecular formula is C26H29N3O6. The first kappa shape index (κ1) is 24.3. The molecule has 1 N–H and O–H groups in total. The van der Waals surface area contributed by atoms with Crippen LogP contribution in [0.1, 0.15) is 53.7 Å². The number of nitrogens with zero attached hydrogens (tertiary/aromatic N) is 2. The quantitative estimate of drug-likeness (QED) is 0.512. The van der Waals surface area contributed by atoms with E-state index in [0.717, 1.165) is 37.7 Å². The summed E-state index contributed by atoms with van der Waals surface area (Å²) in [6, 6.07) is 7.95. The van der Waals surface area contributed by atoms with Gasteiger partial charge in [0.25, 0.3) is 5.56 Å². The van der Waals surface area contributed by atoms with Gasteiger partial charge in [0, 0.05) is 30.3 Å². The molecule has 2 aromatic heterocycles. The lowest BCUT2D eigenvalue weighted by molar-refractivity contribution is -0.120. The summed E-state index contributed by atoms with van der Waals surface area (Å²) in [4.78, 5) is 42.8. The van der Waals surface area contributed by atoms with Gasteiger partial charge in [0.15, 0.2) is 11.5 Å². The second-order valence-electron chi connectivity index (χ2n) is 8.67. The molecule has 1 saturated carbocycles. The van der Waals surface area contributed by atoms with Crippen LogP contribution in [0.4, 0.5) is 5.69 Å². The van der Waals surface area contributed by atoms with Gasteiger partial charge in [-0.25, -0.2) is 9.78 Å². The summed E-state index contributed by atoms with van der Waals surface area (Å²) in [6.45, 7) is 1.70. The fraction of sp³-hybridized carbons (Fsp3) is 0.385. The first-order valence-electron chi connectivity index (χ1n) is 11.6. The Morgan fingerprint density at radius 3 is 2.49 bits per heavy atom. The highest BCUT2D eigenvalue weighted by molar-refractivity contribution is 6.02. The monoisotopic (exact) mass is 479 g/mol. The lowest BCUT2D eigenvalue weighted by Crippen LogP contribution is -2.26. The topological polar surface area (TPSA) is 108 Å². The van der Waals surface area contributed by atoms with Crippen molar-refractivity contribution in [2.45, 2.75) is 45.6 Å². The summed E-state index contributed by atoms with van der Waals surface area (Å²) in [5.41, 5.74) is 1.88. The van der Waals surface area contributed by atoms with Crippen LogP contribution in [0, 0.1) is 12.8 Å². The maximum Gasteiger partial charge on any atom is 0.340 e. The number of carbonyl (C=O) groups excluding carboxylic acids is 2. The Bertz CT molecular complexity index is 1310. The second kappa shape index (κ2) is 10.6. The standard InChI is InChI=1S/C26H29N3O6/c1-16-9-10-29-23(11-16)27-18(12-24(29)30)15-35-26(32)19-13-21(33-2)22(34-3)14-20(19)28-25(31)17-7-5-4-6-8-17/h9-14,17H,4-8,15H2,1-3H3,(H,28,31). The molecule has 0 atom stereocenters.